The van der Waals surface area contributed by atoms with Gasteiger partial charge >= 0.3 is 12.0 Å². The molecule has 134 valence electrons. The SMILES string of the molecule is CC1=C(C(=O)OCc2ccc(C)cc2)C(c2ccc(Cl)cc2)NC(=O)N1. The van der Waals surface area contributed by atoms with Crippen LogP contribution in [-0.4, -0.2) is 12.0 Å². The summed E-state index contributed by atoms with van der Waals surface area (Å²) in [5, 5.41) is 5.98. The maximum absolute atomic E-state index is 12.7. The number of ether oxygens (including phenoxy) is 1. The molecule has 5 nitrogen and oxygen atoms in total. The molecule has 1 unspecified atom stereocenters. The molecule has 2 aromatic carbocycles. The summed E-state index contributed by atoms with van der Waals surface area (Å²) in [6.07, 6.45) is 0. The minimum Gasteiger partial charge on any atom is -0.457 e. The number of carbonyl (C=O) groups is 2. The Labute approximate surface area is 157 Å². The van der Waals surface area contributed by atoms with Gasteiger partial charge in [-0.3, -0.25) is 0 Å². The molecule has 2 N–H and O–H groups in total. The molecule has 2 aromatic rings. The van der Waals surface area contributed by atoms with Crippen LogP contribution >= 0.6 is 11.6 Å². The Morgan fingerprint density at radius 1 is 1.08 bits per heavy atom. The van der Waals surface area contributed by atoms with Gasteiger partial charge in [0.15, 0.2) is 0 Å². The number of allylic oxidation sites excluding steroid dienone is 1. The van der Waals surface area contributed by atoms with Crippen molar-refractivity contribution in [3.8, 4) is 0 Å². The second kappa shape index (κ2) is 7.62. The highest BCUT2D eigenvalue weighted by molar-refractivity contribution is 6.30. The van der Waals surface area contributed by atoms with Crippen LogP contribution in [0, 0.1) is 6.92 Å². The number of rotatable bonds is 4. The van der Waals surface area contributed by atoms with Crippen LogP contribution in [0.4, 0.5) is 4.79 Å². The topological polar surface area (TPSA) is 67.4 Å². The maximum Gasteiger partial charge on any atom is 0.338 e. The van der Waals surface area contributed by atoms with Crippen LogP contribution in [0.5, 0.6) is 0 Å². The lowest BCUT2D eigenvalue weighted by atomic mass is 9.95. The van der Waals surface area contributed by atoms with Gasteiger partial charge in [0.05, 0.1) is 11.6 Å². The van der Waals surface area contributed by atoms with Crippen molar-refractivity contribution in [2.24, 2.45) is 0 Å². The molecule has 0 aliphatic carbocycles. The van der Waals surface area contributed by atoms with Crippen LogP contribution in [0.3, 0.4) is 0 Å². The molecule has 1 aliphatic heterocycles. The van der Waals surface area contributed by atoms with Crippen molar-refractivity contribution in [2.75, 3.05) is 0 Å². The molecule has 0 radical (unpaired) electrons. The minimum absolute atomic E-state index is 0.164. The molecule has 0 spiro atoms. The fourth-order valence-electron chi connectivity index (χ4n) is 2.78. The molecule has 0 saturated heterocycles. The smallest absolute Gasteiger partial charge is 0.338 e. The molecule has 6 heteroatoms. The van der Waals surface area contributed by atoms with Crippen molar-refractivity contribution in [1.29, 1.82) is 0 Å². The van der Waals surface area contributed by atoms with Crippen molar-refractivity contribution in [3.05, 3.63) is 81.5 Å². The Morgan fingerprint density at radius 2 is 1.73 bits per heavy atom. The predicted octanol–water partition coefficient (Wildman–Crippen LogP) is 4.02. The van der Waals surface area contributed by atoms with Crippen LogP contribution in [0.15, 0.2) is 59.8 Å². The van der Waals surface area contributed by atoms with Crippen LogP contribution in [0.25, 0.3) is 0 Å². The third-order valence-corrected chi connectivity index (χ3v) is 4.43. The number of nitrogens with one attached hydrogen (secondary N) is 2. The first-order chi connectivity index (χ1) is 12.4. The average molecular weight is 371 g/mol. The van der Waals surface area contributed by atoms with Gasteiger partial charge in [-0.05, 0) is 37.1 Å². The first-order valence-electron chi connectivity index (χ1n) is 8.20. The Balaban J connectivity index is 1.82. The van der Waals surface area contributed by atoms with Gasteiger partial charge in [0.25, 0.3) is 0 Å². The van der Waals surface area contributed by atoms with E-state index in [9.17, 15) is 9.59 Å². The lowest BCUT2D eigenvalue weighted by molar-refractivity contribution is -0.140. The van der Waals surface area contributed by atoms with Crippen LogP contribution in [-0.2, 0) is 16.1 Å². The van der Waals surface area contributed by atoms with Gasteiger partial charge in [-0.2, -0.15) is 0 Å². The molecule has 0 fully saturated rings. The van der Waals surface area contributed by atoms with Crippen molar-refractivity contribution in [1.82, 2.24) is 10.6 Å². The van der Waals surface area contributed by atoms with Crippen molar-refractivity contribution < 1.29 is 14.3 Å². The number of esters is 1. The summed E-state index contributed by atoms with van der Waals surface area (Å²) in [6, 6.07) is 13.8. The summed E-state index contributed by atoms with van der Waals surface area (Å²) in [5.41, 5.74) is 3.64. The molecule has 3 rings (SSSR count). The number of amides is 2. The molecular formula is C20H19ClN2O3. The summed E-state index contributed by atoms with van der Waals surface area (Å²) in [4.78, 5) is 24.6. The molecule has 26 heavy (non-hydrogen) atoms. The van der Waals surface area contributed by atoms with E-state index in [0.717, 1.165) is 16.7 Å². The highest BCUT2D eigenvalue weighted by atomic mass is 35.5. The molecule has 1 heterocycles. The number of benzene rings is 2. The largest absolute Gasteiger partial charge is 0.457 e. The van der Waals surface area contributed by atoms with E-state index in [1.165, 1.54) is 0 Å². The lowest BCUT2D eigenvalue weighted by Gasteiger charge is -2.28. The molecule has 0 aromatic heterocycles. The fraction of sp³-hybridized carbons (Fsp3) is 0.200. The number of hydrogen-bond acceptors (Lipinski definition) is 3. The molecule has 1 aliphatic rings. The van der Waals surface area contributed by atoms with E-state index in [1.807, 2.05) is 31.2 Å². The van der Waals surface area contributed by atoms with Gasteiger partial charge in [0.2, 0.25) is 0 Å². The van der Waals surface area contributed by atoms with E-state index in [0.29, 0.717) is 16.3 Å². The summed E-state index contributed by atoms with van der Waals surface area (Å²) >= 11 is 5.93. The maximum atomic E-state index is 12.7. The minimum atomic E-state index is -0.591. The third-order valence-electron chi connectivity index (χ3n) is 4.18. The van der Waals surface area contributed by atoms with Crippen LogP contribution in [0.2, 0.25) is 5.02 Å². The van der Waals surface area contributed by atoms with Gasteiger partial charge in [-0.15, -0.1) is 0 Å². The zero-order chi connectivity index (χ0) is 18.7. The molecule has 1 atom stereocenters. The van der Waals surface area contributed by atoms with E-state index < -0.39 is 12.0 Å². The Bertz CT molecular complexity index is 858. The van der Waals surface area contributed by atoms with Crippen molar-refractivity contribution in [3.63, 3.8) is 0 Å². The third kappa shape index (κ3) is 4.06. The molecule has 0 bridgehead atoms. The first-order valence-corrected chi connectivity index (χ1v) is 8.58. The number of hydrogen-bond donors (Lipinski definition) is 2. The molecule has 0 saturated carbocycles. The summed E-state index contributed by atoms with van der Waals surface area (Å²) in [6.45, 7) is 3.85. The van der Waals surface area contributed by atoms with Gasteiger partial charge in [-0.1, -0.05) is 53.6 Å². The normalized spacial score (nSPS) is 16.7. The monoisotopic (exact) mass is 370 g/mol. The van der Waals surface area contributed by atoms with Gasteiger partial charge in [-0.25, -0.2) is 9.59 Å². The number of aryl methyl sites for hydroxylation is 1. The Kier molecular flexibility index (Phi) is 5.28. The summed E-state index contributed by atoms with van der Waals surface area (Å²) in [5.74, 6) is -0.476. The van der Waals surface area contributed by atoms with Gasteiger partial charge in [0.1, 0.15) is 6.61 Å². The second-order valence-corrected chi connectivity index (χ2v) is 6.62. The van der Waals surface area contributed by atoms with E-state index in [2.05, 4.69) is 10.6 Å². The predicted molar refractivity (Wildman–Crippen MR) is 99.5 cm³/mol. The summed E-state index contributed by atoms with van der Waals surface area (Å²) in [7, 11) is 0. The average Bonchev–Trinajstić information content (AvgIpc) is 2.61. The Morgan fingerprint density at radius 3 is 2.38 bits per heavy atom. The van der Waals surface area contributed by atoms with Gasteiger partial charge in [0, 0.05) is 10.7 Å². The zero-order valence-corrected chi connectivity index (χ0v) is 15.3. The van der Waals surface area contributed by atoms with E-state index in [1.54, 1.807) is 31.2 Å². The number of carbonyl (C=O) groups excluding carboxylic acids is 2. The highest BCUT2D eigenvalue weighted by Gasteiger charge is 2.32. The number of urea groups is 1. The first kappa shape index (κ1) is 18.0. The van der Waals surface area contributed by atoms with Crippen LogP contribution < -0.4 is 10.6 Å². The number of halogens is 1. The fourth-order valence-corrected chi connectivity index (χ4v) is 2.91. The van der Waals surface area contributed by atoms with E-state index in [-0.39, 0.29) is 12.6 Å². The van der Waals surface area contributed by atoms with Crippen LogP contribution in [0.1, 0.15) is 29.7 Å². The second-order valence-electron chi connectivity index (χ2n) is 6.18. The highest BCUT2D eigenvalue weighted by Crippen LogP contribution is 2.28. The van der Waals surface area contributed by atoms with E-state index in [4.69, 9.17) is 16.3 Å². The zero-order valence-electron chi connectivity index (χ0n) is 14.5. The summed E-state index contributed by atoms with van der Waals surface area (Å²) < 4.78 is 5.47. The van der Waals surface area contributed by atoms with Crippen molar-refractivity contribution in [2.45, 2.75) is 26.5 Å². The molecular weight excluding hydrogens is 352 g/mol. The molecule has 2 amide bonds. The lowest BCUT2D eigenvalue weighted by Crippen LogP contribution is -2.45. The van der Waals surface area contributed by atoms with E-state index >= 15 is 0 Å². The van der Waals surface area contributed by atoms with Crippen molar-refractivity contribution >= 4 is 23.6 Å². The Hall–Kier alpha value is -2.79. The standard InChI is InChI=1S/C20H19ClN2O3/c1-12-3-5-14(6-4-12)11-26-19(24)17-13(2)22-20(25)23-18(17)15-7-9-16(21)10-8-15/h3-10,18H,11H2,1-2H3,(H2,22,23,25). The van der Waals surface area contributed by atoms with Gasteiger partial charge < -0.3 is 15.4 Å². The quantitative estimate of drug-likeness (QED) is 0.799.